The van der Waals surface area contributed by atoms with Crippen LogP contribution < -0.4 is 15.5 Å². The number of rotatable bonds is 6. The number of imide groups is 1. The van der Waals surface area contributed by atoms with E-state index >= 15 is 0 Å². The molecule has 1 aliphatic heterocycles. The van der Waals surface area contributed by atoms with Crippen molar-refractivity contribution in [1.82, 2.24) is 4.98 Å². The van der Waals surface area contributed by atoms with Gasteiger partial charge in [0.2, 0.25) is 0 Å². The van der Waals surface area contributed by atoms with Crippen LogP contribution in [-0.4, -0.2) is 22.7 Å². The Bertz CT molecular complexity index is 1590. The van der Waals surface area contributed by atoms with Crippen molar-refractivity contribution in [2.45, 2.75) is 0 Å². The number of anilines is 3. The van der Waals surface area contributed by atoms with Gasteiger partial charge in [-0.25, -0.2) is 9.88 Å². The number of hydrogen-bond acceptors (Lipinski definition) is 6. The maximum absolute atomic E-state index is 13.1. The van der Waals surface area contributed by atoms with Crippen molar-refractivity contribution in [3.8, 4) is 11.3 Å². The molecule has 0 saturated heterocycles. The van der Waals surface area contributed by atoms with E-state index in [4.69, 9.17) is 34.8 Å². The minimum absolute atomic E-state index is 0.116. The van der Waals surface area contributed by atoms with Crippen LogP contribution in [0.15, 0.2) is 88.9 Å². The Morgan fingerprint density at radius 1 is 0.892 bits per heavy atom. The minimum atomic E-state index is -0.745. The Kier molecular flexibility index (Phi) is 6.99. The van der Waals surface area contributed by atoms with Crippen LogP contribution in [0.2, 0.25) is 10.0 Å². The molecule has 0 spiro atoms. The van der Waals surface area contributed by atoms with Gasteiger partial charge in [-0.2, -0.15) is 0 Å². The molecular weight excluding hydrogens is 555 g/mol. The molecule has 0 fully saturated rings. The number of carbonyl (C=O) groups is 3. The van der Waals surface area contributed by atoms with Crippen molar-refractivity contribution in [1.29, 1.82) is 0 Å². The van der Waals surface area contributed by atoms with Gasteiger partial charge in [0.1, 0.15) is 10.7 Å². The lowest BCUT2D eigenvalue weighted by Gasteiger charge is -2.17. The molecule has 11 heteroatoms. The summed E-state index contributed by atoms with van der Waals surface area (Å²) in [6, 6.07) is 20.5. The van der Waals surface area contributed by atoms with Gasteiger partial charge < -0.3 is 5.32 Å². The van der Waals surface area contributed by atoms with E-state index < -0.39 is 11.8 Å². The quantitative estimate of drug-likeness (QED) is 0.249. The number of carbonyl (C=O) groups excluding carboxylic acids is 3. The molecule has 184 valence electrons. The fourth-order valence-corrected chi connectivity index (χ4v) is 4.91. The average Bonchev–Trinajstić information content (AvgIpc) is 3.45. The maximum atomic E-state index is 13.1. The molecule has 0 bridgehead atoms. The molecule has 0 radical (unpaired) electrons. The Hall–Kier alpha value is -3.69. The topological polar surface area (TPSA) is 91.4 Å². The van der Waals surface area contributed by atoms with Gasteiger partial charge in [-0.1, -0.05) is 71.2 Å². The summed E-state index contributed by atoms with van der Waals surface area (Å²) < 4.78 is 0. The third kappa shape index (κ3) is 5.10. The Balaban J connectivity index is 1.33. The number of hydrogen-bond donors (Lipinski definition) is 2. The first-order valence-corrected chi connectivity index (χ1v) is 12.8. The molecule has 5 rings (SSSR count). The second-order valence-corrected chi connectivity index (χ2v) is 9.87. The molecule has 0 atom stereocenters. The predicted octanol–water partition coefficient (Wildman–Crippen LogP) is 6.80. The lowest BCUT2D eigenvalue weighted by atomic mass is 10.2. The van der Waals surface area contributed by atoms with Gasteiger partial charge in [0, 0.05) is 27.2 Å². The third-order valence-corrected chi connectivity index (χ3v) is 7.03. The van der Waals surface area contributed by atoms with Gasteiger partial charge in [0.05, 0.1) is 16.4 Å². The first-order valence-electron chi connectivity index (χ1n) is 10.7. The van der Waals surface area contributed by atoms with Gasteiger partial charge >= 0.3 is 0 Å². The van der Waals surface area contributed by atoms with Crippen molar-refractivity contribution >= 4 is 80.4 Å². The zero-order chi connectivity index (χ0) is 26.1. The Morgan fingerprint density at radius 3 is 2.46 bits per heavy atom. The highest BCUT2D eigenvalue weighted by Gasteiger charge is 2.40. The molecule has 2 heterocycles. The summed E-state index contributed by atoms with van der Waals surface area (Å²) in [7, 11) is 0. The molecule has 1 aliphatic rings. The van der Waals surface area contributed by atoms with Crippen molar-refractivity contribution in [2.24, 2.45) is 0 Å². The second kappa shape index (κ2) is 10.4. The fourth-order valence-electron chi connectivity index (χ4n) is 3.61. The van der Waals surface area contributed by atoms with Crippen LogP contribution in [0.4, 0.5) is 16.5 Å². The van der Waals surface area contributed by atoms with Crippen molar-refractivity contribution in [3.05, 3.63) is 105 Å². The minimum Gasteiger partial charge on any atom is -0.350 e. The molecule has 3 amide bonds. The summed E-state index contributed by atoms with van der Waals surface area (Å²) in [6.07, 6.45) is 0. The summed E-state index contributed by atoms with van der Waals surface area (Å²) in [5, 5.41) is 8.08. The molecule has 7 nitrogen and oxygen atoms in total. The van der Waals surface area contributed by atoms with Crippen molar-refractivity contribution < 1.29 is 14.4 Å². The normalized spacial score (nSPS) is 13.3. The number of aromatic nitrogens is 1. The predicted molar refractivity (Wildman–Crippen MR) is 147 cm³/mol. The number of thiazole rings is 1. The number of nitrogens with zero attached hydrogens (tertiary/aromatic N) is 2. The van der Waals surface area contributed by atoms with E-state index in [1.807, 2.05) is 35.7 Å². The Morgan fingerprint density at radius 2 is 1.68 bits per heavy atom. The van der Waals surface area contributed by atoms with Crippen LogP contribution in [0, 0.1) is 0 Å². The van der Waals surface area contributed by atoms with Crippen LogP contribution >= 0.6 is 46.1 Å². The summed E-state index contributed by atoms with van der Waals surface area (Å²) >= 11 is 19.7. The first-order chi connectivity index (χ1) is 17.8. The highest BCUT2D eigenvalue weighted by molar-refractivity contribution is 7.14. The maximum Gasteiger partial charge on any atom is 0.283 e. The molecular formula is C26H15Cl3N4O3S. The second-order valence-electron chi connectivity index (χ2n) is 7.79. The molecule has 0 aliphatic carbocycles. The lowest BCUT2D eigenvalue weighted by molar-refractivity contribution is -0.120. The summed E-state index contributed by atoms with van der Waals surface area (Å²) in [5.41, 5.74) is 2.36. The van der Waals surface area contributed by atoms with E-state index in [0.717, 1.165) is 16.2 Å². The molecule has 4 aromatic rings. The average molecular weight is 570 g/mol. The van der Waals surface area contributed by atoms with Crippen LogP contribution in [0.1, 0.15) is 10.4 Å². The van der Waals surface area contributed by atoms with Crippen LogP contribution in [0.25, 0.3) is 11.3 Å². The van der Waals surface area contributed by atoms with Crippen LogP contribution in [0.5, 0.6) is 0 Å². The van der Waals surface area contributed by atoms with E-state index in [2.05, 4.69) is 15.6 Å². The van der Waals surface area contributed by atoms with Gasteiger partial charge in [0.25, 0.3) is 17.7 Å². The van der Waals surface area contributed by atoms with Crippen molar-refractivity contribution in [2.75, 3.05) is 15.5 Å². The highest BCUT2D eigenvalue weighted by atomic mass is 35.5. The largest absolute Gasteiger partial charge is 0.350 e. The van der Waals surface area contributed by atoms with Gasteiger partial charge in [-0.15, -0.1) is 11.3 Å². The molecule has 3 aromatic carbocycles. The monoisotopic (exact) mass is 568 g/mol. The first kappa shape index (κ1) is 25.0. The summed E-state index contributed by atoms with van der Waals surface area (Å²) in [6.45, 7) is 0. The number of benzene rings is 3. The standard InChI is InChI=1S/C26H15Cl3N4O3S/c27-16-9-10-18(28)20(12-16)33-24(35)21(29)22(25(33)36)30-17-8-4-7-15(11-17)23(34)32-26-31-19(13-37-26)14-5-2-1-3-6-14/h1-13,30H,(H,31,32,34). The Labute approximate surface area is 230 Å². The molecule has 0 saturated carbocycles. The zero-order valence-electron chi connectivity index (χ0n) is 18.7. The smallest absolute Gasteiger partial charge is 0.283 e. The van der Waals surface area contributed by atoms with E-state index in [-0.39, 0.29) is 27.3 Å². The van der Waals surface area contributed by atoms with Gasteiger partial charge in [0.15, 0.2) is 5.13 Å². The van der Waals surface area contributed by atoms with E-state index in [1.54, 1.807) is 18.2 Å². The number of halogens is 3. The van der Waals surface area contributed by atoms with Crippen molar-refractivity contribution in [3.63, 3.8) is 0 Å². The summed E-state index contributed by atoms with van der Waals surface area (Å²) in [5.74, 6) is -1.84. The van der Waals surface area contributed by atoms with E-state index in [0.29, 0.717) is 21.4 Å². The van der Waals surface area contributed by atoms with Crippen LogP contribution in [-0.2, 0) is 9.59 Å². The van der Waals surface area contributed by atoms with E-state index in [1.165, 1.54) is 35.6 Å². The zero-order valence-corrected chi connectivity index (χ0v) is 21.8. The van der Waals surface area contributed by atoms with Gasteiger partial charge in [-0.05, 0) is 36.4 Å². The van der Waals surface area contributed by atoms with Crippen LogP contribution in [0.3, 0.4) is 0 Å². The molecule has 1 aromatic heterocycles. The van der Waals surface area contributed by atoms with E-state index in [9.17, 15) is 14.4 Å². The summed E-state index contributed by atoms with van der Waals surface area (Å²) in [4.78, 5) is 44.0. The SMILES string of the molecule is O=C(Nc1nc(-c2ccccc2)cs1)c1cccc(NC2=C(Cl)C(=O)N(c3cc(Cl)ccc3Cl)C2=O)c1. The number of amides is 3. The number of nitrogens with one attached hydrogen (secondary N) is 2. The highest BCUT2D eigenvalue weighted by Crippen LogP contribution is 2.36. The molecule has 2 N–H and O–H groups in total. The molecule has 0 unspecified atom stereocenters. The van der Waals surface area contributed by atoms with Gasteiger partial charge in [-0.3, -0.25) is 19.7 Å². The fraction of sp³-hybridized carbons (Fsp3) is 0. The lowest BCUT2D eigenvalue weighted by Crippen LogP contribution is -2.32. The molecule has 37 heavy (non-hydrogen) atoms. The third-order valence-electron chi connectivity index (χ3n) is 5.36.